The summed E-state index contributed by atoms with van der Waals surface area (Å²) in [7, 11) is 0. The number of benzene rings is 2. The van der Waals surface area contributed by atoms with Gasteiger partial charge in [-0.05, 0) is 37.1 Å². The van der Waals surface area contributed by atoms with Gasteiger partial charge >= 0.3 is 6.36 Å². The molecule has 2 N–H and O–H groups in total. The fraction of sp³-hybridized carbons (Fsp3) is 0.261. The van der Waals surface area contributed by atoms with Crippen molar-refractivity contribution in [3.63, 3.8) is 0 Å². The van der Waals surface area contributed by atoms with E-state index in [2.05, 4.69) is 14.7 Å². The number of hydrogen-bond donors (Lipinski definition) is 1. The van der Waals surface area contributed by atoms with Crippen LogP contribution in [0.25, 0.3) is 16.6 Å². The Morgan fingerprint density at radius 1 is 1.23 bits per heavy atom. The topological polar surface area (TPSA) is 95.0 Å². The normalized spacial score (nSPS) is 17.4. The summed E-state index contributed by atoms with van der Waals surface area (Å²) in [6, 6.07) is 6.65. The highest BCUT2D eigenvalue weighted by molar-refractivity contribution is 6.34. The highest BCUT2D eigenvalue weighted by Gasteiger charge is 2.43. The van der Waals surface area contributed by atoms with Crippen LogP contribution in [-0.2, 0) is 0 Å². The average Bonchev–Trinajstić information content (AvgIpc) is 3.33. The van der Waals surface area contributed by atoms with Gasteiger partial charge in [-0.25, -0.2) is 9.97 Å². The number of imidazole rings is 1. The van der Waals surface area contributed by atoms with E-state index in [1.165, 1.54) is 18.2 Å². The standard InChI is InChI=1S/C23H17ClF3N5O3/c24-15-7-16-17(31-10-29-8-18(31)21(28)30-16)6-14(15)22(33)32(11-1-2-11)19-9-34-20-5-12(3-4-13(19)20)35-23(25,26)27/h3-8,10-11,19H,1-2,9H2,(H2,28,30). The number of ether oxygens (including phenoxy) is 2. The molecule has 0 saturated heterocycles. The second-order valence-corrected chi connectivity index (χ2v) is 8.89. The summed E-state index contributed by atoms with van der Waals surface area (Å²) in [6.07, 6.45) is -0.0326. The number of rotatable bonds is 4. The van der Waals surface area contributed by atoms with E-state index < -0.39 is 12.4 Å². The van der Waals surface area contributed by atoms with Crippen LogP contribution in [0.5, 0.6) is 11.5 Å². The first-order valence-corrected chi connectivity index (χ1v) is 11.1. The van der Waals surface area contributed by atoms with E-state index in [0.29, 0.717) is 27.9 Å². The van der Waals surface area contributed by atoms with Crippen molar-refractivity contribution in [2.45, 2.75) is 31.3 Å². The molecule has 2 aromatic carbocycles. The van der Waals surface area contributed by atoms with E-state index >= 15 is 0 Å². The van der Waals surface area contributed by atoms with Crippen LogP contribution in [0.3, 0.4) is 0 Å². The van der Waals surface area contributed by atoms with E-state index in [1.54, 1.807) is 34.0 Å². The molecule has 3 heterocycles. The third-order valence-corrected chi connectivity index (χ3v) is 6.49. The molecule has 1 unspecified atom stereocenters. The molecule has 0 bridgehead atoms. The molecule has 4 aromatic rings. The van der Waals surface area contributed by atoms with E-state index in [1.807, 2.05) is 0 Å². The molecule has 1 saturated carbocycles. The van der Waals surface area contributed by atoms with Gasteiger partial charge in [-0.15, -0.1) is 13.2 Å². The molecule has 2 aliphatic rings. The van der Waals surface area contributed by atoms with Gasteiger partial charge in [-0.2, -0.15) is 0 Å². The van der Waals surface area contributed by atoms with Crippen LogP contribution < -0.4 is 15.2 Å². The van der Waals surface area contributed by atoms with Crippen LogP contribution in [0, 0.1) is 0 Å². The molecule has 180 valence electrons. The summed E-state index contributed by atoms with van der Waals surface area (Å²) in [5.74, 6) is -0.144. The number of carbonyl (C=O) groups is 1. The molecule has 6 rings (SSSR count). The van der Waals surface area contributed by atoms with E-state index in [9.17, 15) is 18.0 Å². The molecule has 0 radical (unpaired) electrons. The van der Waals surface area contributed by atoms with Crippen molar-refractivity contribution in [1.29, 1.82) is 0 Å². The number of hydrogen-bond acceptors (Lipinski definition) is 6. The second kappa shape index (κ2) is 7.64. The number of halogens is 4. The van der Waals surface area contributed by atoms with Crippen LogP contribution >= 0.6 is 11.6 Å². The summed E-state index contributed by atoms with van der Waals surface area (Å²) in [5, 5.41) is 0.215. The van der Waals surface area contributed by atoms with E-state index in [-0.39, 0.29) is 40.6 Å². The molecule has 0 spiro atoms. The minimum atomic E-state index is -4.81. The molecule has 12 heteroatoms. The first-order chi connectivity index (χ1) is 16.7. The average molecular weight is 504 g/mol. The Morgan fingerprint density at radius 2 is 2.03 bits per heavy atom. The quantitative estimate of drug-likeness (QED) is 0.431. The molecule has 35 heavy (non-hydrogen) atoms. The summed E-state index contributed by atoms with van der Waals surface area (Å²) in [6.45, 7) is 0.113. The van der Waals surface area contributed by atoms with Gasteiger partial charge in [-0.3, -0.25) is 9.20 Å². The first kappa shape index (κ1) is 21.8. The predicted molar refractivity (Wildman–Crippen MR) is 120 cm³/mol. The van der Waals surface area contributed by atoms with Crippen molar-refractivity contribution in [2.75, 3.05) is 12.3 Å². The van der Waals surface area contributed by atoms with Gasteiger partial charge in [0, 0.05) is 17.7 Å². The first-order valence-electron chi connectivity index (χ1n) is 10.8. The van der Waals surface area contributed by atoms with Gasteiger partial charge in [-0.1, -0.05) is 11.6 Å². The minimum absolute atomic E-state index is 0.0299. The van der Waals surface area contributed by atoms with Crippen LogP contribution in [0.1, 0.15) is 34.8 Å². The highest BCUT2D eigenvalue weighted by atomic mass is 35.5. The van der Waals surface area contributed by atoms with E-state index in [0.717, 1.165) is 12.8 Å². The molecular formula is C23H17ClF3N5O3. The molecular weight excluding hydrogens is 487 g/mol. The summed E-state index contributed by atoms with van der Waals surface area (Å²) in [5.41, 5.74) is 8.63. The van der Waals surface area contributed by atoms with Crippen molar-refractivity contribution in [2.24, 2.45) is 0 Å². The third kappa shape index (κ3) is 3.75. The zero-order valence-corrected chi connectivity index (χ0v) is 18.7. The van der Waals surface area contributed by atoms with Crippen LogP contribution in [0.4, 0.5) is 19.0 Å². The Balaban J connectivity index is 1.39. The number of nitrogens with zero attached hydrogens (tertiary/aromatic N) is 4. The number of alkyl halides is 3. The molecule has 2 aromatic heterocycles. The van der Waals surface area contributed by atoms with Gasteiger partial charge in [0.25, 0.3) is 5.91 Å². The Morgan fingerprint density at radius 3 is 2.77 bits per heavy atom. The summed E-state index contributed by atoms with van der Waals surface area (Å²) in [4.78, 5) is 24.0. The van der Waals surface area contributed by atoms with Crippen molar-refractivity contribution >= 4 is 39.9 Å². The number of aromatic nitrogens is 3. The van der Waals surface area contributed by atoms with Crippen molar-refractivity contribution in [1.82, 2.24) is 19.3 Å². The SMILES string of the molecule is Nc1nc2cc(Cl)c(C(=O)N(C3CC3)C3COc4cc(OC(F)(F)F)ccc43)cc2n2cncc12. The Bertz CT molecular complexity index is 1500. The zero-order valence-electron chi connectivity index (χ0n) is 17.9. The second-order valence-electron chi connectivity index (χ2n) is 8.48. The number of carbonyl (C=O) groups excluding carboxylic acids is 1. The maximum Gasteiger partial charge on any atom is 0.573 e. The summed E-state index contributed by atoms with van der Waals surface area (Å²) < 4.78 is 49.2. The molecule has 8 nitrogen and oxygen atoms in total. The van der Waals surface area contributed by atoms with Gasteiger partial charge in [0.1, 0.15) is 29.4 Å². The van der Waals surface area contributed by atoms with Gasteiger partial charge in [0.05, 0.1) is 40.2 Å². The molecule has 1 aliphatic heterocycles. The fourth-order valence-electron chi connectivity index (χ4n) is 4.52. The number of amides is 1. The predicted octanol–water partition coefficient (Wildman–Crippen LogP) is 4.76. The van der Waals surface area contributed by atoms with Gasteiger partial charge in [0.2, 0.25) is 0 Å². The molecule has 1 fully saturated rings. The summed E-state index contributed by atoms with van der Waals surface area (Å²) >= 11 is 6.53. The minimum Gasteiger partial charge on any atom is -0.491 e. The molecule has 1 amide bonds. The largest absolute Gasteiger partial charge is 0.573 e. The number of nitrogen functional groups attached to an aromatic ring is 1. The van der Waals surface area contributed by atoms with Gasteiger partial charge in [0.15, 0.2) is 0 Å². The Labute approximate surface area is 201 Å². The Hall–Kier alpha value is -3.73. The number of fused-ring (bicyclic) bond motifs is 4. The lowest BCUT2D eigenvalue weighted by Gasteiger charge is -2.29. The third-order valence-electron chi connectivity index (χ3n) is 6.18. The van der Waals surface area contributed by atoms with Crippen molar-refractivity contribution in [3.8, 4) is 11.5 Å². The zero-order chi connectivity index (χ0) is 24.5. The van der Waals surface area contributed by atoms with Crippen LogP contribution in [0.15, 0.2) is 42.9 Å². The van der Waals surface area contributed by atoms with Crippen molar-refractivity contribution in [3.05, 3.63) is 59.0 Å². The lowest BCUT2D eigenvalue weighted by atomic mass is 10.0. The maximum absolute atomic E-state index is 13.8. The number of anilines is 1. The smallest absolute Gasteiger partial charge is 0.491 e. The maximum atomic E-state index is 13.8. The monoisotopic (exact) mass is 503 g/mol. The lowest BCUT2D eigenvalue weighted by molar-refractivity contribution is -0.274. The molecule has 1 aliphatic carbocycles. The van der Waals surface area contributed by atoms with Crippen LogP contribution in [-0.4, -0.2) is 44.2 Å². The highest BCUT2D eigenvalue weighted by Crippen LogP contribution is 2.44. The van der Waals surface area contributed by atoms with Crippen LogP contribution in [0.2, 0.25) is 5.02 Å². The van der Waals surface area contributed by atoms with E-state index in [4.69, 9.17) is 22.1 Å². The Kier molecular flexibility index (Phi) is 4.75. The lowest BCUT2D eigenvalue weighted by Crippen LogP contribution is -2.37. The van der Waals surface area contributed by atoms with Gasteiger partial charge < -0.3 is 20.1 Å². The number of nitrogens with two attached hydrogens (primary N) is 1. The fourth-order valence-corrected chi connectivity index (χ4v) is 4.75. The molecule has 1 atom stereocenters. The van der Waals surface area contributed by atoms with Crippen molar-refractivity contribution < 1.29 is 27.4 Å².